The molecular weight excluding hydrogens is 264 g/mol. The summed E-state index contributed by atoms with van der Waals surface area (Å²) in [6.45, 7) is 3.24. The number of benzene rings is 1. The van der Waals surface area contributed by atoms with Crippen molar-refractivity contribution in [2.24, 2.45) is 0 Å². The fraction of sp³-hybridized carbons (Fsp3) is 0.471. The molecule has 1 fully saturated rings. The molecule has 21 heavy (non-hydrogen) atoms. The van der Waals surface area contributed by atoms with Gasteiger partial charge >= 0.3 is 0 Å². The van der Waals surface area contributed by atoms with Gasteiger partial charge in [0, 0.05) is 30.2 Å². The Balaban J connectivity index is 1.75. The van der Waals surface area contributed by atoms with Crippen LogP contribution >= 0.6 is 0 Å². The molecule has 4 heteroatoms. The lowest BCUT2D eigenvalue weighted by Gasteiger charge is -2.17. The topological polar surface area (TPSA) is 34.5 Å². The number of carbonyl (C=O) groups is 1. The first-order valence-electron chi connectivity index (χ1n) is 7.66. The highest BCUT2D eigenvalue weighted by atomic mass is 16.5. The van der Waals surface area contributed by atoms with Crippen LogP contribution in [0.2, 0.25) is 0 Å². The lowest BCUT2D eigenvalue weighted by molar-refractivity contribution is -0.130. The maximum absolute atomic E-state index is 12.2. The monoisotopic (exact) mass is 286 g/mol. The van der Waals surface area contributed by atoms with Crippen LogP contribution in [0.5, 0.6) is 5.75 Å². The van der Waals surface area contributed by atoms with E-state index in [1.807, 2.05) is 47.0 Å². The molecule has 1 aromatic carbocycles. The molecule has 4 nitrogen and oxygen atoms in total. The van der Waals surface area contributed by atoms with E-state index in [0.29, 0.717) is 12.6 Å². The number of amides is 1. The van der Waals surface area contributed by atoms with E-state index in [2.05, 4.69) is 6.92 Å². The van der Waals surface area contributed by atoms with Gasteiger partial charge in [0.25, 0.3) is 0 Å². The molecule has 1 aliphatic rings. The number of aromatic nitrogens is 1. The molecule has 3 rings (SSSR count). The highest BCUT2D eigenvalue weighted by molar-refractivity contribution is 5.84. The first-order chi connectivity index (χ1) is 10.2. The van der Waals surface area contributed by atoms with E-state index in [1.54, 1.807) is 0 Å². The summed E-state index contributed by atoms with van der Waals surface area (Å²) in [5.74, 6) is 1.07. The lowest BCUT2D eigenvalue weighted by atomic mass is 10.2. The Bertz CT molecular complexity index is 643. The SMILES string of the molecule is CCCOc1ccc2c(ccn2CC(=O)N(C)C2CC2)c1. The van der Waals surface area contributed by atoms with E-state index >= 15 is 0 Å². The maximum atomic E-state index is 12.2. The molecule has 0 spiro atoms. The zero-order chi connectivity index (χ0) is 14.8. The second-order valence-electron chi connectivity index (χ2n) is 5.75. The zero-order valence-electron chi connectivity index (χ0n) is 12.7. The number of rotatable bonds is 6. The van der Waals surface area contributed by atoms with Gasteiger partial charge in [-0.05, 0) is 43.5 Å². The van der Waals surface area contributed by atoms with Gasteiger partial charge in [0.2, 0.25) is 5.91 Å². The van der Waals surface area contributed by atoms with Gasteiger partial charge in [-0.2, -0.15) is 0 Å². The molecule has 1 heterocycles. The Morgan fingerprint density at radius 3 is 2.90 bits per heavy atom. The summed E-state index contributed by atoms with van der Waals surface area (Å²) in [6, 6.07) is 8.55. The van der Waals surface area contributed by atoms with Gasteiger partial charge in [0.05, 0.1) is 6.61 Å². The Morgan fingerprint density at radius 2 is 2.19 bits per heavy atom. The average Bonchev–Trinajstić information content (AvgIpc) is 3.27. The van der Waals surface area contributed by atoms with Crippen LogP contribution in [0.15, 0.2) is 30.5 Å². The van der Waals surface area contributed by atoms with Crippen molar-refractivity contribution in [1.29, 1.82) is 0 Å². The van der Waals surface area contributed by atoms with E-state index in [9.17, 15) is 4.79 Å². The molecule has 1 amide bonds. The van der Waals surface area contributed by atoms with Crippen molar-refractivity contribution in [2.75, 3.05) is 13.7 Å². The van der Waals surface area contributed by atoms with Crippen molar-refractivity contribution in [1.82, 2.24) is 9.47 Å². The molecule has 0 unspecified atom stereocenters. The highest BCUT2D eigenvalue weighted by Crippen LogP contribution is 2.26. The number of hydrogen-bond acceptors (Lipinski definition) is 2. The molecule has 1 aromatic heterocycles. The van der Waals surface area contributed by atoms with Gasteiger partial charge in [-0.1, -0.05) is 6.92 Å². The molecule has 2 aromatic rings. The third-order valence-electron chi connectivity index (χ3n) is 4.01. The largest absolute Gasteiger partial charge is 0.494 e. The quantitative estimate of drug-likeness (QED) is 0.818. The number of likely N-dealkylation sites (N-methyl/N-ethyl adjacent to an activating group) is 1. The fourth-order valence-corrected chi connectivity index (χ4v) is 2.55. The molecule has 0 N–H and O–H groups in total. The second kappa shape index (κ2) is 5.80. The van der Waals surface area contributed by atoms with Gasteiger partial charge in [0.15, 0.2) is 0 Å². The van der Waals surface area contributed by atoms with Crippen LogP contribution in [-0.4, -0.2) is 35.1 Å². The van der Waals surface area contributed by atoms with Crippen LogP contribution in [0.3, 0.4) is 0 Å². The molecular formula is C17H22N2O2. The summed E-state index contributed by atoms with van der Waals surface area (Å²) in [7, 11) is 1.91. The summed E-state index contributed by atoms with van der Waals surface area (Å²) in [6.07, 6.45) is 5.27. The minimum atomic E-state index is 0.182. The van der Waals surface area contributed by atoms with Gasteiger partial charge in [-0.15, -0.1) is 0 Å². The Morgan fingerprint density at radius 1 is 1.38 bits per heavy atom. The molecule has 0 bridgehead atoms. The Labute approximate surface area is 125 Å². The van der Waals surface area contributed by atoms with Crippen LogP contribution in [0.25, 0.3) is 10.9 Å². The Hall–Kier alpha value is -1.97. The van der Waals surface area contributed by atoms with E-state index in [0.717, 1.165) is 42.5 Å². The summed E-state index contributed by atoms with van der Waals surface area (Å²) >= 11 is 0. The number of fused-ring (bicyclic) bond motifs is 1. The number of ether oxygens (including phenoxy) is 1. The van der Waals surface area contributed by atoms with E-state index in [1.165, 1.54) is 0 Å². The maximum Gasteiger partial charge on any atom is 0.242 e. The average molecular weight is 286 g/mol. The van der Waals surface area contributed by atoms with Gasteiger partial charge in [0.1, 0.15) is 12.3 Å². The van der Waals surface area contributed by atoms with Crippen LogP contribution in [0.1, 0.15) is 26.2 Å². The molecule has 0 aliphatic heterocycles. The lowest BCUT2D eigenvalue weighted by Crippen LogP contribution is -2.31. The summed E-state index contributed by atoms with van der Waals surface area (Å²) in [5, 5.41) is 1.12. The third-order valence-corrected chi connectivity index (χ3v) is 4.01. The standard InChI is InChI=1S/C17H22N2O2/c1-3-10-21-15-6-7-16-13(11-15)8-9-19(16)12-17(20)18(2)14-4-5-14/h6-9,11,14H,3-5,10,12H2,1-2H3. The van der Waals surface area contributed by atoms with Crippen molar-refractivity contribution >= 4 is 16.8 Å². The summed E-state index contributed by atoms with van der Waals surface area (Å²) in [4.78, 5) is 14.1. The molecule has 0 saturated heterocycles. The number of hydrogen-bond donors (Lipinski definition) is 0. The minimum Gasteiger partial charge on any atom is -0.494 e. The molecule has 112 valence electrons. The zero-order valence-corrected chi connectivity index (χ0v) is 12.7. The van der Waals surface area contributed by atoms with Crippen LogP contribution in [-0.2, 0) is 11.3 Å². The first-order valence-corrected chi connectivity index (χ1v) is 7.66. The van der Waals surface area contributed by atoms with Crippen molar-refractivity contribution in [3.05, 3.63) is 30.5 Å². The fourth-order valence-electron chi connectivity index (χ4n) is 2.55. The van der Waals surface area contributed by atoms with Crippen molar-refractivity contribution < 1.29 is 9.53 Å². The summed E-state index contributed by atoms with van der Waals surface area (Å²) in [5.41, 5.74) is 1.08. The first kappa shape index (κ1) is 14.0. The minimum absolute atomic E-state index is 0.182. The van der Waals surface area contributed by atoms with Crippen molar-refractivity contribution in [3.8, 4) is 5.75 Å². The second-order valence-corrected chi connectivity index (χ2v) is 5.75. The van der Waals surface area contributed by atoms with Crippen molar-refractivity contribution in [2.45, 2.75) is 38.8 Å². The van der Waals surface area contributed by atoms with E-state index < -0.39 is 0 Å². The molecule has 0 atom stereocenters. The van der Waals surface area contributed by atoms with Crippen LogP contribution < -0.4 is 4.74 Å². The van der Waals surface area contributed by atoms with Gasteiger partial charge < -0.3 is 14.2 Å². The molecule has 1 saturated carbocycles. The Kier molecular flexibility index (Phi) is 3.86. The van der Waals surface area contributed by atoms with Crippen LogP contribution in [0.4, 0.5) is 0 Å². The summed E-state index contributed by atoms with van der Waals surface area (Å²) < 4.78 is 7.66. The normalized spacial score (nSPS) is 14.4. The van der Waals surface area contributed by atoms with Gasteiger partial charge in [-0.3, -0.25) is 4.79 Å². The smallest absolute Gasteiger partial charge is 0.242 e. The predicted octanol–water partition coefficient (Wildman–Crippen LogP) is 3.05. The van der Waals surface area contributed by atoms with Gasteiger partial charge in [-0.25, -0.2) is 0 Å². The number of carbonyl (C=O) groups excluding carboxylic acids is 1. The van der Waals surface area contributed by atoms with Crippen LogP contribution in [0, 0.1) is 0 Å². The predicted molar refractivity (Wildman–Crippen MR) is 83.5 cm³/mol. The highest BCUT2D eigenvalue weighted by Gasteiger charge is 2.29. The third kappa shape index (κ3) is 3.04. The van der Waals surface area contributed by atoms with E-state index in [-0.39, 0.29) is 5.91 Å². The van der Waals surface area contributed by atoms with E-state index in [4.69, 9.17) is 4.74 Å². The molecule has 1 aliphatic carbocycles. The van der Waals surface area contributed by atoms with Crippen molar-refractivity contribution in [3.63, 3.8) is 0 Å². The molecule has 0 radical (unpaired) electrons. The number of nitrogens with zero attached hydrogens (tertiary/aromatic N) is 2.